The summed E-state index contributed by atoms with van der Waals surface area (Å²) in [4.78, 5) is 11.4. The first kappa shape index (κ1) is 21.1. The van der Waals surface area contributed by atoms with Gasteiger partial charge >= 0.3 is 5.97 Å². The highest BCUT2D eigenvalue weighted by molar-refractivity contribution is 6.30. The van der Waals surface area contributed by atoms with E-state index < -0.39 is 12.2 Å². The number of methoxy groups -OCH3 is 1. The van der Waals surface area contributed by atoms with Crippen molar-refractivity contribution in [2.24, 2.45) is 0 Å². The quantitative estimate of drug-likeness (QED) is 0.369. The van der Waals surface area contributed by atoms with Crippen LogP contribution in [0.25, 0.3) is 6.08 Å². The van der Waals surface area contributed by atoms with E-state index in [4.69, 9.17) is 27.9 Å². The van der Waals surface area contributed by atoms with E-state index >= 15 is 0 Å². The van der Waals surface area contributed by atoms with Crippen LogP contribution in [0.1, 0.15) is 28.7 Å². The van der Waals surface area contributed by atoms with Gasteiger partial charge < -0.3 is 9.47 Å². The predicted molar refractivity (Wildman–Crippen MR) is 114 cm³/mol. The monoisotopic (exact) mass is 430 g/mol. The number of aromatic nitrogens is 2. The SMILES string of the molecule is COC(=O)/C=C/c1cc(C)n(C(OCc2ccc(Cl)cc2)c2cccc(Cl)c2)n1. The van der Waals surface area contributed by atoms with Gasteiger partial charge in [-0.15, -0.1) is 0 Å². The lowest BCUT2D eigenvalue weighted by Gasteiger charge is -2.21. The molecule has 1 atom stereocenters. The third kappa shape index (κ3) is 5.70. The Balaban J connectivity index is 1.90. The van der Waals surface area contributed by atoms with Crippen molar-refractivity contribution in [3.05, 3.63) is 93.2 Å². The topological polar surface area (TPSA) is 53.4 Å². The summed E-state index contributed by atoms with van der Waals surface area (Å²) in [5.41, 5.74) is 3.34. The van der Waals surface area contributed by atoms with Crippen LogP contribution in [-0.2, 0) is 20.9 Å². The van der Waals surface area contributed by atoms with Gasteiger partial charge in [0.15, 0.2) is 6.23 Å². The zero-order valence-electron chi connectivity index (χ0n) is 16.0. The minimum atomic E-state index is -0.496. The Morgan fingerprint density at radius 2 is 1.90 bits per heavy atom. The molecule has 2 aromatic carbocycles. The number of nitrogens with zero attached hydrogens (tertiary/aromatic N) is 2. The van der Waals surface area contributed by atoms with Crippen molar-refractivity contribution in [3.8, 4) is 0 Å². The van der Waals surface area contributed by atoms with E-state index in [1.54, 1.807) is 10.8 Å². The maximum absolute atomic E-state index is 11.4. The number of aryl methyl sites for hydroxylation is 1. The molecule has 0 bridgehead atoms. The minimum absolute atomic E-state index is 0.362. The first-order valence-corrected chi connectivity index (χ1v) is 9.65. The number of esters is 1. The van der Waals surface area contributed by atoms with Crippen LogP contribution in [0, 0.1) is 6.92 Å². The minimum Gasteiger partial charge on any atom is -0.466 e. The zero-order valence-corrected chi connectivity index (χ0v) is 17.5. The van der Waals surface area contributed by atoms with Crippen molar-refractivity contribution in [3.63, 3.8) is 0 Å². The number of ether oxygens (including phenoxy) is 2. The summed E-state index contributed by atoms with van der Waals surface area (Å²) in [5, 5.41) is 5.86. The van der Waals surface area contributed by atoms with E-state index in [0.29, 0.717) is 22.3 Å². The molecule has 0 N–H and O–H groups in total. The average molecular weight is 431 g/mol. The molecule has 0 saturated carbocycles. The molecule has 0 spiro atoms. The molecule has 0 amide bonds. The van der Waals surface area contributed by atoms with E-state index in [-0.39, 0.29) is 0 Å². The summed E-state index contributed by atoms with van der Waals surface area (Å²) in [6, 6.07) is 16.8. The smallest absolute Gasteiger partial charge is 0.330 e. The fourth-order valence-electron chi connectivity index (χ4n) is 2.78. The van der Waals surface area contributed by atoms with E-state index in [0.717, 1.165) is 16.8 Å². The second-order valence-corrected chi connectivity index (χ2v) is 7.23. The third-order valence-corrected chi connectivity index (χ3v) is 4.70. The van der Waals surface area contributed by atoms with Gasteiger partial charge in [0, 0.05) is 27.4 Å². The van der Waals surface area contributed by atoms with E-state index in [2.05, 4.69) is 9.84 Å². The van der Waals surface area contributed by atoms with E-state index in [1.165, 1.54) is 13.2 Å². The summed E-state index contributed by atoms with van der Waals surface area (Å²) >= 11 is 12.2. The molecule has 7 heteroatoms. The van der Waals surface area contributed by atoms with Gasteiger partial charge in [-0.1, -0.05) is 47.5 Å². The van der Waals surface area contributed by atoms with E-state index in [9.17, 15) is 4.79 Å². The van der Waals surface area contributed by atoms with Gasteiger partial charge in [-0.2, -0.15) is 5.10 Å². The summed E-state index contributed by atoms with van der Waals surface area (Å²) < 4.78 is 12.6. The fourth-order valence-corrected chi connectivity index (χ4v) is 3.10. The summed E-state index contributed by atoms with van der Waals surface area (Å²) in [7, 11) is 1.33. The number of benzene rings is 2. The number of hydrogen-bond donors (Lipinski definition) is 0. The molecule has 0 aliphatic carbocycles. The Bertz CT molecular complexity index is 1010. The van der Waals surface area contributed by atoms with Crippen molar-refractivity contribution in [1.82, 2.24) is 9.78 Å². The van der Waals surface area contributed by atoms with Gasteiger partial charge in [-0.05, 0) is 48.9 Å². The Morgan fingerprint density at radius 3 is 2.59 bits per heavy atom. The molecule has 0 aliphatic heterocycles. The lowest BCUT2D eigenvalue weighted by atomic mass is 10.2. The van der Waals surface area contributed by atoms with Crippen LogP contribution in [0.5, 0.6) is 0 Å². The van der Waals surface area contributed by atoms with E-state index in [1.807, 2.05) is 61.5 Å². The predicted octanol–water partition coefficient (Wildman–Crippen LogP) is 5.45. The van der Waals surface area contributed by atoms with Crippen molar-refractivity contribution >= 4 is 35.2 Å². The number of carbonyl (C=O) groups is 1. The number of hydrogen-bond acceptors (Lipinski definition) is 4. The molecule has 0 saturated heterocycles. The lowest BCUT2D eigenvalue weighted by molar-refractivity contribution is -0.134. The third-order valence-electron chi connectivity index (χ3n) is 4.21. The molecular formula is C22H20Cl2N2O3. The lowest BCUT2D eigenvalue weighted by Crippen LogP contribution is -2.17. The maximum Gasteiger partial charge on any atom is 0.330 e. The number of carbonyl (C=O) groups excluding carboxylic acids is 1. The first-order valence-electron chi connectivity index (χ1n) is 8.90. The molecule has 5 nitrogen and oxygen atoms in total. The number of halogens is 2. The summed E-state index contributed by atoms with van der Waals surface area (Å²) in [6.45, 7) is 2.28. The van der Waals surface area contributed by atoms with Gasteiger partial charge in [-0.25, -0.2) is 9.48 Å². The Kier molecular flexibility index (Phi) is 7.09. The Labute approximate surface area is 179 Å². The van der Waals surface area contributed by atoms with Gasteiger partial charge in [0.2, 0.25) is 0 Å². The van der Waals surface area contributed by atoms with Gasteiger partial charge in [0.05, 0.1) is 19.4 Å². The largest absolute Gasteiger partial charge is 0.466 e. The molecule has 3 rings (SSSR count). The first-order chi connectivity index (χ1) is 14.0. The van der Waals surface area contributed by atoms with Crippen LogP contribution in [0.4, 0.5) is 0 Å². The maximum atomic E-state index is 11.4. The molecule has 150 valence electrons. The Hall–Kier alpha value is -2.60. The Morgan fingerprint density at radius 1 is 1.14 bits per heavy atom. The molecule has 29 heavy (non-hydrogen) atoms. The standard InChI is InChI=1S/C22H20Cl2N2O3/c1-15-12-20(10-11-21(27)28-2)25-26(15)22(17-4-3-5-19(24)13-17)29-14-16-6-8-18(23)9-7-16/h3-13,22H,14H2,1-2H3/b11-10+. The highest BCUT2D eigenvalue weighted by atomic mass is 35.5. The second kappa shape index (κ2) is 9.74. The molecule has 0 radical (unpaired) electrons. The van der Waals surface area contributed by atoms with Crippen molar-refractivity contribution < 1.29 is 14.3 Å². The van der Waals surface area contributed by atoms with Crippen LogP contribution in [0.3, 0.4) is 0 Å². The van der Waals surface area contributed by atoms with Crippen LogP contribution >= 0.6 is 23.2 Å². The van der Waals surface area contributed by atoms with Crippen LogP contribution < -0.4 is 0 Å². The zero-order chi connectivity index (χ0) is 20.8. The van der Waals surface area contributed by atoms with Crippen molar-refractivity contribution in [2.75, 3.05) is 7.11 Å². The fraction of sp³-hybridized carbons (Fsp3) is 0.182. The highest BCUT2D eigenvalue weighted by Crippen LogP contribution is 2.26. The highest BCUT2D eigenvalue weighted by Gasteiger charge is 2.19. The average Bonchev–Trinajstić information content (AvgIpc) is 3.08. The number of rotatable bonds is 7. The summed E-state index contributed by atoms with van der Waals surface area (Å²) in [6.07, 6.45) is 2.43. The molecule has 1 unspecified atom stereocenters. The van der Waals surface area contributed by atoms with Crippen LogP contribution in [-0.4, -0.2) is 22.9 Å². The van der Waals surface area contributed by atoms with Gasteiger partial charge in [0.25, 0.3) is 0 Å². The molecule has 0 aliphatic rings. The van der Waals surface area contributed by atoms with Crippen molar-refractivity contribution in [2.45, 2.75) is 19.8 Å². The second-order valence-electron chi connectivity index (χ2n) is 6.36. The van der Waals surface area contributed by atoms with Crippen LogP contribution in [0.15, 0.2) is 60.7 Å². The van der Waals surface area contributed by atoms with Gasteiger partial charge in [0.1, 0.15) is 0 Å². The summed E-state index contributed by atoms with van der Waals surface area (Å²) in [5.74, 6) is -0.442. The van der Waals surface area contributed by atoms with Crippen LogP contribution in [0.2, 0.25) is 10.0 Å². The molecular weight excluding hydrogens is 411 g/mol. The molecule has 1 heterocycles. The molecule has 1 aromatic heterocycles. The molecule has 3 aromatic rings. The van der Waals surface area contributed by atoms with Gasteiger partial charge in [-0.3, -0.25) is 0 Å². The normalized spacial score (nSPS) is 12.3. The molecule has 0 fully saturated rings. The van der Waals surface area contributed by atoms with Crippen molar-refractivity contribution in [1.29, 1.82) is 0 Å².